The third-order valence-corrected chi connectivity index (χ3v) is 3.25. The van der Waals surface area contributed by atoms with Crippen LogP contribution in [-0.2, 0) is 0 Å². The number of ether oxygens (including phenoxy) is 1. The van der Waals surface area contributed by atoms with Crippen LogP contribution in [0.1, 0.15) is 0 Å². The van der Waals surface area contributed by atoms with Crippen LogP contribution < -0.4 is 20.9 Å². The number of carbonyl (C=O) groups excluding carboxylic acids is 1. The highest BCUT2D eigenvalue weighted by atomic mass is 79.9. The summed E-state index contributed by atoms with van der Waals surface area (Å²) in [4.78, 5) is 11.8. The first kappa shape index (κ1) is 15.1. The second-order valence-electron chi connectivity index (χ2n) is 4.03. The molecule has 0 aliphatic carbocycles. The lowest BCUT2D eigenvalue weighted by Crippen LogP contribution is -2.33. The molecule has 0 bridgehead atoms. The lowest BCUT2D eigenvalue weighted by atomic mass is 10.3. The molecule has 0 unspecified atom stereocenters. The summed E-state index contributed by atoms with van der Waals surface area (Å²) < 4.78 is 18.6. The van der Waals surface area contributed by atoms with E-state index in [9.17, 15) is 9.18 Å². The van der Waals surface area contributed by atoms with E-state index in [2.05, 4.69) is 32.1 Å². The zero-order valence-electron chi connectivity index (χ0n) is 11.1. The zero-order chi connectivity index (χ0) is 15.2. The van der Waals surface area contributed by atoms with Gasteiger partial charge in [0.05, 0.1) is 18.5 Å². The molecular weight excluding hydrogens is 341 g/mol. The van der Waals surface area contributed by atoms with Gasteiger partial charge in [-0.1, -0.05) is 12.1 Å². The third-order valence-electron chi connectivity index (χ3n) is 2.60. The molecular formula is C14H13BrFN3O2. The van der Waals surface area contributed by atoms with Gasteiger partial charge < -0.3 is 10.1 Å². The first-order valence-corrected chi connectivity index (χ1v) is 6.80. The number of nitrogens with one attached hydrogen (secondary N) is 3. The van der Waals surface area contributed by atoms with E-state index >= 15 is 0 Å². The number of benzene rings is 2. The van der Waals surface area contributed by atoms with E-state index in [4.69, 9.17) is 4.74 Å². The van der Waals surface area contributed by atoms with Crippen LogP contribution in [0.25, 0.3) is 0 Å². The van der Waals surface area contributed by atoms with Crippen LogP contribution >= 0.6 is 15.9 Å². The number of rotatable bonds is 4. The molecule has 0 radical (unpaired) electrons. The first-order valence-electron chi connectivity index (χ1n) is 6.01. The Balaban J connectivity index is 1.96. The highest BCUT2D eigenvalue weighted by Gasteiger charge is 2.07. The number of para-hydroxylation sites is 2. The Morgan fingerprint density at radius 3 is 2.67 bits per heavy atom. The van der Waals surface area contributed by atoms with E-state index in [1.807, 2.05) is 0 Å². The van der Waals surface area contributed by atoms with Gasteiger partial charge >= 0.3 is 6.03 Å². The van der Waals surface area contributed by atoms with Crippen molar-refractivity contribution in [2.24, 2.45) is 0 Å². The quantitative estimate of drug-likeness (QED) is 0.733. The average Bonchev–Trinajstić information content (AvgIpc) is 2.47. The Labute approximate surface area is 129 Å². The van der Waals surface area contributed by atoms with Gasteiger partial charge in [-0.3, -0.25) is 10.9 Å². The molecule has 0 aliphatic rings. The van der Waals surface area contributed by atoms with Gasteiger partial charge in [-0.05, 0) is 46.3 Å². The summed E-state index contributed by atoms with van der Waals surface area (Å²) in [5.41, 5.74) is 6.21. The number of halogens is 2. The molecule has 2 aromatic carbocycles. The van der Waals surface area contributed by atoms with Crippen molar-refractivity contribution in [2.45, 2.75) is 0 Å². The molecule has 2 rings (SSSR count). The SMILES string of the molecule is COc1ccccc1NC(=O)NNc1ccc(F)cc1Br. The van der Waals surface area contributed by atoms with Gasteiger partial charge in [-0.25, -0.2) is 9.18 Å². The molecule has 0 saturated heterocycles. The average molecular weight is 354 g/mol. The van der Waals surface area contributed by atoms with Gasteiger partial charge in [0.25, 0.3) is 0 Å². The van der Waals surface area contributed by atoms with Crippen molar-refractivity contribution in [2.75, 3.05) is 17.9 Å². The van der Waals surface area contributed by atoms with Crippen LogP contribution in [0.5, 0.6) is 5.75 Å². The monoisotopic (exact) mass is 353 g/mol. The summed E-state index contributed by atoms with van der Waals surface area (Å²) in [5, 5.41) is 2.64. The Hall–Kier alpha value is -2.28. The van der Waals surface area contributed by atoms with Crippen molar-refractivity contribution in [3.05, 3.63) is 52.8 Å². The number of hydrogen-bond donors (Lipinski definition) is 3. The van der Waals surface area contributed by atoms with E-state index in [1.165, 1.54) is 25.3 Å². The summed E-state index contributed by atoms with van der Waals surface area (Å²) in [7, 11) is 1.52. The fourth-order valence-electron chi connectivity index (χ4n) is 1.62. The van der Waals surface area contributed by atoms with Gasteiger partial charge in [-0.2, -0.15) is 0 Å². The van der Waals surface area contributed by atoms with E-state index in [0.29, 0.717) is 21.6 Å². The molecule has 0 aliphatic heterocycles. The molecule has 7 heteroatoms. The molecule has 0 atom stereocenters. The van der Waals surface area contributed by atoms with Crippen molar-refractivity contribution in [1.29, 1.82) is 0 Å². The van der Waals surface area contributed by atoms with Crippen molar-refractivity contribution >= 4 is 33.3 Å². The fraction of sp³-hybridized carbons (Fsp3) is 0.0714. The maximum atomic E-state index is 12.9. The Morgan fingerprint density at radius 2 is 1.95 bits per heavy atom. The van der Waals surface area contributed by atoms with Crippen LogP contribution in [0, 0.1) is 5.82 Å². The van der Waals surface area contributed by atoms with E-state index < -0.39 is 6.03 Å². The van der Waals surface area contributed by atoms with Crippen molar-refractivity contribution in [3.63, 3.8) is 0 Å². The number of hydrogen-bond acceptors (Lipinski definition) is 3. The van der Waals surface area contributed by atoms with Gasteiger partial charge in [0.15, 0.2) is 0 Å². The van der Waals surface area contributed by atoms with Gasteiger partial charge in [0.2, 0.25) is 0 Å². The number of anilines is 2. The molecule has 0 spiro atoms. The number of hydrazine groups is 1. The lowest BCUT2D eigenvalue weighted by molar-refractivity contribution is 0.253. The summed E-state index contributed by atoms with van der Waals surface area (Å²) in [6.07, 6.45) is 0. The van der Waals surface area contributed by atoms with E-state index in [-0.39, 0.29) is 5.82 Å². The summed E-state index contributed by atoms with van der Waals surface area (Å²) in [6, 6.07) is 10.6. The predicted octanol–water partition coefficient (Wildman–Crippen LogP) is 3.75. The predicted molar refractivity (Wildman–Crippen MR) is 82.9 cm³/mol. The second-order valence-corrected chi connectivity index (χ2v) is 4.88. The Kier molecular flexibility index (Phi) is 4.99. The van der Waals surface area contributed by atoms with Crippen LogP contribution in [0.4, 0.5) is 20.6 Å². The molecule has 2 aromatic rings. The third kappa shape index (κ3) is 4.09. The molecule has 2 amide bonds. The van der Waals surface area contributed by atoms with Gasteiger partial charge in [-0.15, -0.1) is 0 Å². The molecule has 0 heterocycles. The highest BCUT2D eigenvalue weighted by Crippen LogP contribution is 2.23. The van der Waals surface area contributed by atoms with E-state index in [1.54, 1.807) is 24.3 Å². The lowest BCUT2D eigenvalue weighted by Gasteiger charge is -2.13. The smallest absolute Gasteiger partial charge is 0.337 e. The fourth-order valence-corrected chi connectivity index (χ4v) is 2.07. The van der Waals surface area contributed by atoms with Gasteiger partial charge in [0.1, 0.15) is 11.6 Å². The van der Waals surface area contributed by atoms with Crippen LogP contribution in [-0.4, -0.2) is 13.1 Å². The number of urea groups is 1. The summed E-state index contributed by atoms with van der Waals surface area (Å²) in [5.74, 6) is 0.182. The van der Waals surface area contributed by atoms with Crippen molar-refractivity contribution < 1.29 is 13.9 Å². The highest BCUT2D eigenvalue weighted by molar-refractivity contribution is 9.10. The topological polar surface area (TPSA) is 62.4 Å². The minimum atomic E-state index is -0.476. The minimum Gasteiger partial charge on any atom is -0.495 e. The maximum absolute atomic E-state index is 12.9. The van der Waals surface area contributed by atoms with Crippen LogP contribution in [0.2, 0.25) is 0 Å². The summed E-state index contributed by atoms with van der Waals surface area (Å²) in [6.45, 7) is 0. The molecule has 0 saturated carbocycles. The largest absolute Gasteiger partial charge is 0.495 e. The standard InChI is InChI=1S/C14H13BrFN3O2/c1-21-13-5-3-2-4-12(13)17-14(20)19-18-11-7-6-9(16)8-10(11)15/h2-8,18H,1H3,(H2,17,19,20). The summed E-state index contributed by atoms with van der Waals surface area (Å²) >= 11 is 3.19. The molecule has 0 fully saturated rings. The molecule has 0 aromatic heterocycles. The first-order chi connectivity index (χ1) is 10.1. The number of amides is 2. The van der Waals surface area contributed by atoms with E-state index in [0.717, 1.165) is 0 Å². The molecule has 110 valence electrons. The second kappa shape index (κ2) is 6.94. The number of carbonyl (C=O) groups is 1. The normalized spacial score (nSPS) is 9.86. The van der Waals surface area contributed by atoms with Crippen molar-refractivity contribution in [3.8, 4) is 5.75 Å². The van der Waals surface area contributed by atoms with Crippen LogP contribution in [0.15, 0.2) is 46.9 Å². The Morgan fingerprint density at radius 1 is 1.19 bits per heavy atom. The number of methoxy groups -OCH3 is 1. The molecule has 3 N–H and O–H groups in total. The van der Waals surface area contributed by atoms with Gasteiger partial charge in [0, 0.05) is 4.47 Å². The minimum absolute atomic E-state index is 0.370. The molecule has 21 heavy (non-hydrogen) atoms. The molecule has 5 nitrogen and oxygen atoms in total. The zero-order valence-corrected chi connectivity index (χ0v) is 12.7. The van der Waals surface area contributed by atoms with Crippen molar-refractivity contribution in [1.82, 2.24) is 5.43 Å². The Bertz CT molecular complexity index is 652. The van der Waals surface area contributed by atoms with Crippen LogP contribution in [0.3, 0.4) is 0 Å². The maximum Gasteiger partial charge on any atom is 0.337 e.